The smallest absolute Gasteiger partial charge is 0.257 e. The molecule has 0 saturated carbocycles. The van der Waals surface area contributed by atoms with Crippen molar-refractivity contribution in [3.8, 4) is 5.75 Å². The van der Waals surface area contributed by atoms with Crippen molar-refractivity contribution in [3.05, 3.63) is 29.3 Å². The Labute approximate surface area is 119 Å². The largest absolute Gasteiger partial charge is 0.483 e. The predicted octanol–water partition coefficient (Wildman–Crippen LogP) is 1.32. The lowest BCUT2D eigenvalue weighted by atomic mass is 10.1. The SMILES string of the molecule is CC(=O)NCCCNC(=O)COc1cccc(C)c1C. The number of aryl methyl sites for hydroxylation is 1. The molecule has 20 heavy (non-hydrogen) atoms. The first-order valence-corrected chi connectivity index (χ1v) is 6.71. The molecule has 0 saturated heterocycles. The lowest BCUT2D eigenvalue weighted by Gasteiger charge is -2.11. The van der Waals surface area contributed by atoms with Gasteiger partial charge in [-0.05, 0) is 37.5 Å². The number of rotatable bonds is 7. The number of hydrogen-bond acceptors (Lipinski definition) is 3. The summed E-state index contributed by atoms with van der Waals surface area (Å²) in [6.07, 6.45) is 0.703. The number of benzene rings is 1. The second kappa shape index (κ2) is 8.19. The molecule has 0 aromatic heterocycles. The van der Waals surface area contributed by atoms with Gasteiger partial charge >= 0.3 is 0 Å². The standard InChI is InChI=1S/C15H22N2O3/c1-11-6-4-7-14(12(11)2)20-10-15(19)17-9-5-8-16-13(3)18/h4,6-7H,5,8-10H2,1-3H3,(H,16,18)(H,17,19). The van der Waals surface area contributed by atoms with Gasteiger partial charge in [0.25, 0.3) is 5.91 Å². The van der Waals surface area contributed by atoms with Crippen molar-refractivity contribution in [2.24, 2.45) is 0 Å². The summed E-state index contributed by atoms with van der Waals surface area (Å²) < 4.78 is 5.49. The van der Waals surface area contributed by atoms with Gasteiger partial charge in [-0.3, -0.25) is 9.59 Å². The Hall–Kier alpha value is -2.04. The molecule has 5 heteroatoms. The Balaban J connectivity index is 2.23. The van der Waals surface area contributed by atoms with E-state index >= 15 is 0 Å². The van der Waals surface area contributed by atoms with E-state index < -0.39 is 0 Å². The molecule has 110 valence electrons. The fraction of sp³-hybridized carbons (Fsp3) is 0.467. The van der Waals surface area contributed by atoms with Crippen molar-refractivity contribution in [1.82, 2.24) is 10.6 Å². The average Bonchev–Trinajstić information content (AvgIpc) is 2.39. The van der Waals surface area contributed by atoms with Gasteiger partial charge in [-0.15, -0.1) is 0 Å². The van der Waals surface area contributed by atoms with Crippen LogP contribution in [-0.2, 0) is 9.59 Å². The first kappa shape index (κ1) is 16.0. The molecule has 1 aromatic rings. The Bertz CT molecular complexity index is 472. The summed E-state index contributed by atoms with van der Waals surface area (Å²) in [5.41, 5.74) is 2.18. The molecule has 0 aliphatic carbocycles. The third-order valence-electron chi connectivity index (χ3n) is 2.96. The summed E-state index contributed by atoms with van der Waals surface area (Å²) in [6.45, 7) is 6.53. The molecule has 0 spiro atoms. The highest BCUT2D eigenvalue weighted by molar-refractivity contribution is 5.77. The van der Waals surface area contributed by atoms with Crippen molar-refractivity contribution < 1.29 is 14.3 Å². The van der Waals surface area contributed by atoms with Crippen LogP contribution < -0.4 is 15.4 Å². The normalized spacial score (nSPS) is 9.95. The molecule has 1 aromatic carbocycles. The molecule has 0 radical (unpaired) electrons. The summed E-state index contributed by atoms with van der Waals surface area (Å²) in [4.78, 5) is 22.2. The molecular weight excluding hydrogens is 256 g/mol. The van der Waals surface area contributed by atoms with Gasteiger partial charge in [-0.2, -0.15) is 0 Å². The van der Waals surface area contributed by atoms with E-state index in [0.717, 1.165) is 16.9 Å². The summed E-state index contributed by atoms with van der Waals surface area (Å²) in [5.74, 6) is 0.515. The molecule has 0 aliphatic heterocycles. The number of nitrogens with one attached hydrogen (secondary N) is 2. The minimum atomic E-state index is -0.159. The summed E-state index contributed by atoms with van der Waals surface area (Å²) in [7, 11) is 0. The summed E-state index contributed by atoms with van der Waals surface area (Å²) >= 11 is 0. The maximum Gasteiger partial charge on any atom is 0.257 e. The van der Waals surface area contributed by atoms with Gasteiger partial charge in [-0.25, -0.2) is 0 Å². The third kappa shape index (κ3) is 5.73. The summed E-state index contributed by atoms with van der Waals surface area (Å²) in [6, 6.07) is 5.76. The van der Waals surface area contributed by atoms with Crippen LogP contribution in [0.3, 0.4) is 0 Å². The first-order valence-electron chi connectivity index (χ1n) is 6.71. The fourth-order valence-electron chi connectivity index (χ4n) is 1.66. The molecule has 2 N–H and O–H groups in total. The van der Waals surface area contributed by atoms with E-state index in [0.29, 0.717) is 19.5 Å². The van der Waals surface area contributed by atoms with Gasteiger partial charge in [-0.1, -0.05) is 12.1 Å². The highest BCUT2D eigenvalue weighted by Crippen LogP contribution is 2.20. The topological polar surface area (TPSA) is 67.4 Å². The molecule has 0 bridgehead atoms. The zero-order valence-corrected chi connectivity index (χ0v) is 12.3. The van der Waals surface area contributed by atoms with E-state index in [9.17, 15) is 9.59 Å². The van der Waals surface area contributed by atoms with Gasteiger partial charge in [0.1, 0.15) is 5.75 Å². The third-order valence-corrected chi connectivity index (χ3v) is 2.96. The number of carbonyl (C=O) groups is 2. The number of carbonyl (C=O) groups excluding carboxylic acids is 2. The molecule has 0 aliphatic rings. The van der Waals surface area contributed by atoms with E-state index in [1.807, 2.05) is 32.0 Å². The van der Waals surface area contributed by atoms with E-state index in [1.54, 1.807) is 0 Å². The van der Waals surface area contributed by atoms with Gasteiger partial charge in [0.15, 0.2) is 6.61 Å². The maximum atomic E-state index is 11.6. The number of ether oxygens (including phenoxy) is 1. The van der Waals surface area contributed by atoms with Crippen LogP contribution in [0.15, 0.2) is 18.2 Å². The van der Waals surface area contributed by atoms with Crippen LogP contribution >= 0.6 is 0 Å². The van der Waals surface area contributed by atoms with Crippen molar-refractivity contribution in [3.63, 3.8) is 0 Å². The van der Waals surface area contributed by atoms with Crippen LogP contribution in [-0.4, -0.2) is 31.5 Å². The van der Waals surface area contributed by atoms with E-state index in [1.165, 1.54) is 6.92 Å². The highest BCUT2D eigenvalue weighted by Gasteiger charge is 2.05. The monoisotopic (exact) mass is 278 g/mol. The Kier molecular flexibility index (Phi) is 6.56. The van der Waals surface area contributed by atoms with Gasteiger partial charge < -0.3 is 15.4 Å². The zero-order valence-electron chi connectivity index (χ0n) is 12.3. The zero-order chi connectivity index (χ0) is 15.0. The molecule has 5 nitrogen and oxygen atoms in total. The lowest BCUT2D eigenvalue weighted by Crippen LogP contribution is -2.32. The van der Waals surface area contributed by atoms with Crippen LogP contribution in [0.5, 0.6) is 5.75 Å². The van der Waals surface area contributed by atoms with Crippen molar-refractivity contribution >= 4 is 11.8 Å². The minimum absolute atomic E-state index is 0.00440. The molecule has 0 atom stereocenters. The minimum Gasteiger partial charge on any atom is -0.483 e. The van der Waals surface area contributed by atoms with Crippen molar-refractivity contribution in [2.75, 3.05) is 19.7 Å². The Morgan fingerprint density at radius 2 is 1.85 bits per heavy atom. The molecular formula is C15H22N2O3. The van der Waals surface area contributed by atoms with E-state index in [2.05, 4.69) is 10.6 Å². The van der Waals surface area contributed by atoms with Crippen molar-refractivity contribution in [2.45, 2.75) is 27.2 Å². The second-order valence-electron chi connectivity index (χ2n) is 4.67. The van der Waals surface area contributed by atoms with Gasteiger partial charge in [0.2, 0.25) is 5.91 Å². The highest BCUT2D eigenvalue weighted by atomic mass is 16.5. The van der Waals surface area contributed by atoms with Gasteiger partial charge in [0.05, 0.1) is 0 Å². The average molecular weight is 278 g/mol. The second-order valence-corrected chi connectivity index (χ2v) is 4.67. The summed E-state index contributed by atoms with van der Waals surface area (Å²) in [5, 5.41) is 5.41. The van der Waals surface area contributed by atoms with Crippen LogP contribution in [0.25, 0.3) is 0 Å². The molecule has 2 amide bonds. The lowest BCUT2D eigenvalue weighted by molar-refractivity contribution is -0.123. The van der Waals surface area contributed by atoms with Crippen LogP contribution in [0.1, 0.15) is 24.5 Å². The first-order chi connectivity index (χ1) is 9.50. The van der Waals surface area contributed by atoms with E-state index in [-0.39, 0.29) is 18.4 Å². The van der Waals surface area contributed by atoms with Crippen molar-refractivity contribution in [1.29, 1.82) is 0 Å². The quantitative estimate of drug-likeness (QED) is 0.739. The van der Waals surface area contributed by atoms with Crippen LogP contribution in [0.2, 0.25) is 0 Å². The number of amides is 2. The van der Waals surface area contributed by atoms with Crippen LogP contribution in [0, 0.1) is 13.8 Å². The fourth-order valence-corrected chi connectivity index (χ4v) is 1.66. The molecule has 1 rings (SSSR count). The molecule has 0 fully saturated rings. The van der Waals surface area contributed by atoms with Gasteiger partial charge in [0, 0.05) is 20.0 Å². The van der Waals surface area contributed by atoms with Crippen LogP contribution in [0.4, 0.5) is 0 Å². The number of hydrogen-bond donors (Lipinski definition) is 2. The molecule has 0 heterocycles. The van der Waals surface area contributed by atoms with E-state index in [4.69, 9.17) is 4.74 Å². The Morgan fingerprint density at radius 3 is 2.55 bits per heavy atom. The molecule has 0 unspecified atom stereocenters. The Morgan fingerprint density at radius 1 is 1.15 bits per heavy atom. The maximum absolute atomic E-state index is 11.6. The predicted molar refractivity (Wildman–Crippen MR) is 77.7 cm³/mol.